The van der Waals surface area contributed by atoms with Gasteiger partial charge in [-0.15, -0.1) is 0 Å². The molecule has 0 saturated carbocycles. The van der Waals surface area contributed by atoms with Crippen LogP contribution in [0.4, 0.5) is 0 Å². The summed E-state index contributed by atoms with van der Waals surface area (Å²) >= 11 is 0. The Labute approximate surface area is 171 Å². The summed E-state index contributed by atoms with van der Waals surface area (Å²) in [6.07, 6.45) is 3.00. The van der Waals surface area contributed by atoms with E-state index in [9.17, 15) is 10.2 Å². The van der Waals surface area contributed by atoms with Crippen LogP contribution in [-0.2, 0) is 5.60 Å². The molecule has 2 fully saturated rings. The van der Waals surface area contributed by atoms with E-state index in [0.29, 0.717) is 19.4 Å². The molecule has 3 atom stereocenters. The number of rotatable bonds is 4. The average molecular weight is 395 g/mol. The highest BCUT2D eigenvalue weighted by Gasteiger charge is 2.48. The fourth-order valence-electron chi connectivity index (χ4n) is 5.53. The predicted molar refractivity (Wildman–Crippen MR) is 110 cm³/mol. The Kier molecular flexibility index (Phi) is 4.57. The van der Waals surface area contributed by atoms with Crippen molar-refractivity contribution < 1.29 is 19.7 Å². The summed E-state index contributed by atoms with van der Waals surface area (Å²) < 4.78 is 10.9. The zero-order chi connectivity index (χ0) is 20.2. The smallest absolute Gasteiger partial charge is 0.231 e. The number of piperidine rings is 1. The normalized spacial score (nSPS) is 29.2. The topological polar surface area (TPSA) is 62.2 Å². The van der Waals surface area contributed by atoms with Gasteiger partial charge in [0.25, 0.3) is 0 Å². The molecule has 0 unspecified atom stereocenters. The third-order valence-corrected chi connectivity index (χ3v) is 7.00. The Hall–Kier alpha value is -2.08. The zero-order valence-electron chi connectivity index (χ0n) is 17.1. The van der Waals surface area contributed by atoms with Gasteiger partial charge in [-0.1, -0.05) is 29.8 Å². The highest BCUT2D eigenvalue weighted by Crippen LogP contribution is 2.48. The maximum atomic E-state index is 11.5. The van der Waals surface area contributed by atoms with E-state index in [2.05, 4.69) is 30.9 Å². The highest BCUT2D eigenvalue weighted by atomic mass is 16.7. The lowest BCUT2D eigenvalue weighted by Crippen LogP contribution is -2.50. The molecular formula is C24H29NO4. The van der Waals surface area contributed by atoms with Crippen molar-refractivity contribution in [3.05, 3.63) is 58.7 Å². The maximum absolute atomic E-state index is 11.5. The van der Waals surface area contributed by atoms with E-state index in [0.717, 1.165) is 41.0 Å². The summed E-state index contributed by atoms with van der Waals surface area (Å²) in [4.78, 5) is 2.42. The van der Waals surface area contributed by atoms with Crippen molar-refractivity contribution in [2.75, 3.05) is 13.3 Å². The minimum absolute atomic E-state index is 0.243. The van der Waals surface area contributed by atoms with Gasteiger partial charge in [-0.05, 0) is 68.4 Å². The lowest BCUT2D eigenvalue weighted by atomic mass is 9.80. The van der Waals surface area contributed by atoms with Gasteiger partial charge in [-0.25, -0.2) is 0 Å². The summed E-state index contributed by atoms with van der Waals surface area (Å²) in [5.74, 6) is 1.46. The maximum Gasteiger partial charge on any atom is 0.231 e. The van der Waals surface area contributed by atoms with Gasteiger partial charge in [-0.3, -0.25) is 4.90 Å². The highest BCUT2D eigenvalue weighted by molar-refractivity contribution is 5.46. The van der Waals surface area contributed by atoms with Gasteiger partial charge in [0.1, 0.15) is 0 Å². The number of aryl methyl sites for hydroxylation is 2. The van der Waals surface area contributed by atoms with Crippen LogP contribution in [-0.4, -0.2) is 40.5 Å². The second kappa shape index (κ2) is 7.01. The summed E-state index contributed by atoms with van der Waals surface area (Å²) in [7, 11) is 0. The predicted octanol–water partition coefficient (Wildman–Crippen LogP) is 3.58. The Balaban J connectivity index is 1.33. The third-order valence-electron chi connectivity index (χ3n) is 7.00. The molecule has 154 valence electrons. The van der Waals surface area contributed by atoms with E-state index in [1.807, 2.05) is 24.3 Å². The fraction of sp³-hybridized carbons (Fsp3) is 0.500. The molecule has 0 radical (unpaired) electrons. The Morgan fingerprint density at radius 2 is 1.76 bits per heavy atom. The third kappa shape index (κ3) is 3.31. The largest absolute Gasteiger partial charge is 0.454 e. The summed E-state index contributed by atoms with van der Waals surface area (Å²) in [6.45, 7) is 5.00. The molecule has 2 bridgehead atoms. The SMILES string of the molecule is Cc1ccc([C@H](O)CN2[C@H]3CC[C@H]2CC(O)(c2ccc4c(c2)OCO4)C3)c(C)c1. The van der Waals surface area contributed by atoms with Crippen LogP contribution < -0.4 is 9.47 Å². The second-order valence-electron chi connectivity index (χ2n) is 8.97. The molecule has 5 heteroatoms. The lowest BCUT2D eigenvalue weighted by molar-refractivity contribution is -0.0667. The van der Waals surface area contributed by atoms with Gasteiger partial charge in [0, 0.05) is 18.6 Å². The molecule has 2 aromatic rings. The number of fused-ring (bicyclic) bond motifs is 3. The minimum atomic E-state index is -0.853. The number of nitrogens with zero attached hydrogens (tertiary/aromatic N) is 1. The molecule has 5 nitrogen and oxygen atoms in total. The van der Waals surface area contributed by atoms with E-state index in [1.165, 1.54) is 5.56 Å². The molecule has 0 spiro atoms. The van der Waals surface area contributed by atoms with E-state index < -0.39 is 11.7 Å². The number of aliphatic hydroxyl groups excluding tert-OH is 1. The van der Waals surface area contributed by atoms with Gasteiger partial charge < -0.3 is 19.7 Å². The standard InChI is InChI=1S/C24H29NO4/c1-15-3-7-20(16(2)9-15)21(26)13-25-18-5-6-19(25)12-24(27,11-18)17-4-8-22-23(10-17)29-14-28-22/h3-4,7-10,18-19,21,26-27H,5-6,11-14H2,1-2H3/t18-,19-,21+/m0/s1. The quantitative estimate of drug-likeness (QED) is 0.829. The first-order valence-corrected chi connectivity index (χ1v) is 10.6. The van der Waals surface area contributed by atoms with Crippen LogP contribution in [0.5, 0.6) is 11.5 Å². The monoisotopic (exact) mass is 395 g/mol. The number of benzene rings is 2. The first-order valence-electron chi connectivity index (χ1n) is 10.6. The van der Waals surface area contributed by atoms with E-state index in [-0.39, 0.29) is 18.9 Å². The molecule has 2 N–H and O–H groups in total. The lowest BCUT2D eigenvalue weighted by Gasteiger charge is -2.44. The molecule has 2 saturated heterocycles. The Morgan fingerprint density at radius 3 is 2.48 bits per heavy atom. The molecule has 0 aromatic heterocycles. The molecule has 3 heterocycles. The van der Waals surface area contributed by atoms with Gasteiger partial charge in [0.2, 0.25) is 6.79 Å². The molecular weight excluding hydrogens is 366 g/mol. The van der Waals surface area contributed by atoms with Crippen LogP contribution in [0.15, 0.2) is 36.4 Å². The van der Waals surface area contributed by atoms with Crippen molar-refractivity contribution in [3.63, 3.8) is 0 Å². The first-order chi connectivity index (χ1) is 13.9. The van der Waals surface area contributed by atoms with Crippen LogP contribution >= 0.6 is 0 Å². The molecule has 3 aliphatic heterocycles. The number of hydrogen-bond acceptors (Lipinski definition) is 5. The Morgan fingerprint density at radius 1 is 1.03 bits per heavy atom. The Bertz CT molecular complexity index is 913. The summed E-state index contributed by atoms with van der Waals surface area (Å²) in [6, 6.07) is 12.6. The first kappa shape index (κ1) is 18.9. The molecule has 29 heavy (non-hydrogen) atoms. The van der Waals surface area contributed by atoms with Crippen LogP contribution in [0.25, 0.3) is 0 Å². The van der Waals surface area contributed by atoms with Gasteiger partial charge in [-0.2, -0.15) is 0 Å². The van der Waals surface area contributed by atoms with Crippen molar-refractivity contribution in [3.8, 4) is 11.5 Å². The fourth-order valence-corrected chi connectivity index (χ4v) is 5.53. The van der Waals surface area contributed by atoms with Crippen LogP contribution in [0.1, 0.15) is 54.0 Å². The second-order valence-corrected chi connectivity index (χ2v) is 8.97. The zero-order valence-corrected chi connectivity index (χ0v) is 17.1. The molecule has 0 amide bonds. The van der Waals surface area contributed by atoms with E-state index in [1.54, 1.807) is 0 Å². The summed E-state index contributed by atoms with van der Waals surface area (Å²) in [5.41, 5.74) is 3.41. The summed E-state index contributed by atoms with van der Waals surface area (Å²) in [5, 5.41) is 22.4. The van der Waals surface area contributed by atoms with Crippen molar-refractivity contribution in [2.24, 2.45) is 0 Å². The van der Waals surface area contributed by atoms with Gasteiger partial charge >= 0.3 is 0 Å². The average Bonchev–Trinajstić information content (AvgIpc) is 3.24. The van der Waals surface area contributed by atoms with Crippen molar-refractivity contribution in [2.45, 2.75) is 63.3 Å². The van der Waals surface area contributed by atoms with Gasteiger partial charge in [0.05, 0.1) is 11.7 Å². The van der Waals surface area contributed by atoms with E-state index >= 15 is 0 Å². The van der Waals surface area contributed by atoms with Crippen LogP contribution in [0, 0.1) is 13.8 Å². The molecule has 2 aromatic carbocycles. The number of aliphatic hydroxyl groups is 2. The van der Waals surface area contributed by atoms with Crippen LogP contribution in [0.3, 0.4) is 0 Å². The van der Waals surface area contributed by atoms with Gasteiger partial charge in [0.15, 0.2) is 11.5 Å². The molecule has 0 aliphatic carbocycles. The number of ether oxygens (including phenoxy) is 2. The van der Waals surface area contributed by atoms with Crippen molar-refractivity contribution >= 4 is 0 Å². The minimum Gasteiger partial charge on any atom is -0.454 e. The van der Waals surface area contributed by atoms with Crippen molar-refractivity contribution in [1.82, 2.24) is 4.90 Å². The number of hydrogen-bond donors (Lipinski definition) is 2. The van der Waals surface area contributed by atoms with E-state index in [4.69, 9.17) is 9.47 Å². The van der Waals surface area contributed by atoms with Crippen LogP contribution in [0.2, 0.25) is 0 Å². The molecule has 3 aliphatic rings. The van der Waals surface area contributed by atoms with Crippen molar-refractivity contribution in [1.29, 1.82) is 0 Å². The molecule has 5 rings (SSSR count).